The van der Waals surface area contributed by atoms with Crippen LogP contribution in [0.4, 0.5) is 17.1 Å². The number of para-hydroxylation sites is 3. The molecule has 0 aliphatic heterocycles. The molecule has 11 aromatic rings. The molecule has 11 rings (SSSR count). The van der Waals surface area contributed by atoms with Gasteiger partial charge in [-0.2, -0.15) is 0 Å². The van der Waals surface area contributed by atoms with E-state index in [0.717, 1.165) is 50.1 Å². The maximum atomic E-state index is 6.44. The van der Waals surface area contributed by atoms with Crippen molar-refractivity contribution in [2.75, 3.05) is 4.90 Å². The van der Waals surface area contributed by atoms with E-state index in [0.29, 0.717) is 0 Å². The Balaban J connectivity index is 1.03. The minimum atomic E-state index is 0.904. The highest BCUT2D eigenvalue weighted by Gasteiger charge is 2.19. The monoisotopic (exact) mass is 739 g/mol. The minimum absolute atomic E-state index is 0.904. The zero-order valence-electron chi connectivity index (χ0n) is 31.7. The van der Waals surface area contributed by atoms with Crippen LogP contribution in [0.15, 0.2) is 229 Å². The Morgan fingerprint density at radius 2 is 0.793 bits per heavy atom. The Morgan fingerprint density at radius 1 is 0.293 bits per heavy atom. The van der Waals surface area contributed by atoms with Gasteiger partial charge >= 0.3 is 0 Å². The first-order valence-electron chi connectivity index (χ1n) is 19.8. The third-order valence-corrected chi connectivity index (χ3v) is 11.5. The predicted molar refractivity (Wildman–Crippen MR) is 245 cm³/mol. The normalized spacial score (nSPS) is 11.4. The smallest absolute Gasteiger partial charge is 0.143 e. The van der Waals surface area contributed by atoms with E-state index in [-0.39, 0.29) is 0 Å². The second kappa shape index (κ2) is 14.1. The molecule has 0 saturated carbocycles. The number of anilines is 3. The fourth-order valence-electron chi connectivity index (χ4n) is 8.69. The van der Waals surface area contributed by atoms with Crippen molar-refractivity contribution in [1.82, 2.24) is 0 Å². The number of hydrogen-bond donors (Lipinski definition) is 0. The number of rotatable bonds is 7. The van der Waals surface area contributed by atoms with Crippen LogP contribution in [0.3, 0.4) is 0 Å². The predicted octanol–water partition coefficient (Wildman–Crippen LogP) is 16.0. The maximum absolute atomic E-state index is 6.44. The molecule has 58 heavy (non-hydrogen) atoms. The summed E-state index contributed by atoms with van der Waals surface area (Å²) in [6, 6.07) is 80.7. The van der Waals surface area contributed by atoms with Crippen molar-refractivity contribution in [3.8, 4) is 44.5 Å². The summed E-state index contributed by atoms with van der Waals surface area (Å²) in [6.07, 6.45) is 0. The molecule has 0 spiro atoms. The standard InChI is InChI=1S/C56H37NO/c1-3-19-46-39(13-1)15-10-23-48(46)43-18-9-17-42(37-43)38-29-33-44(34-30-38)57(54-27-7-5-21-51(54)50-25-11-16-40-14-2-4-20-47(40)50)45-35-31-41(32-36-45)49-24-12-26-53-52-22-6-8-28-55(52)58-56(49)53/h1-37H. The Hall–Kier alpha value is -7.68. The van der Waals surface area contributed by atoms with Gasteiger partial charge in [-0.05, 0) is 97.4 Å². The number of furan rings is 1. The van der Waals surface area contributed by atoms with E-state index in [1.165, 1.54) is 54.9 Å². The van der Waals surface area contributed by atoms with Crippen molar-refractivity contribution in [1.29, 1.82) is 0 Å². The third kappa shape index (κ3) is 5.82. The summed E-state index contributed by atoms with van der Waals surface area (Å²) in [5.74, 6) is 0. The molecule has 0 N–H and O–H groups in total. The molecule has 0 bridgehead atoms. The molecule has 1 aromatic heterocycles. The Morgan fingerprint density at radius 3 is 1.55 bits per heavy atom. The average Bonchev–Trinajstić information content (AvgIpc) is 3.69. The first-order valence-corrected chi connectivity index (χ1v) is 19.8. The zero-order valence-corrected chi connectivity index (χ0v) is 31.7. The maximum Gasteiger partial charge on any atom is 0.143 e. The molecule has 0 aliphatic carbocycles. The summed E-state index contributed by atoms with van der Waals surface area (Å²) < 4.78 is 6.44. The lowest BCUT2D eigenvalue weighted by molar-refractivity contribution is 0.670. The Bertz CT molecular complexity index is 3270. The van der Waals surface area contributed by atoms with Gasteiger partial charge in [0.15, 0.2) is 0 Å². The van der Waals surface area contributed by atoms with Crippen molar-refractivity contribution in [3.63, 3.8) is 0 Å². The van der Waals surface area contributed by atoms with Gasteiger partial charge in [0, 0.05) is 33.3 Å². The summed E-state index contributed by atoms with van der Waals surface area (Å²) in [6.45, 7) is 0. The van der Waals surface area contributed by atoms with E-state index in [4.69, 9.17) is 4.42 Å². The Kier molecular flexibility index (Phi) is 8.19. The van der Waals surface area contributed by atoms with Crippen molar-refractivity contribution >= 4 is 60.5 Å². The fraction of sp³-hybridized carbons (Fsp3) is 0. The van der Waals surface area contributed by atoms with Gasteiger partial charge in [-0.3, -0.25) is 0 Å². The van der Waals surface area contributed by atoms with Gasteiger partial charge in [0.2, 0.25) is 0 Å². The topological polar surface area (TPSA) is 16.4 Å². The first kappa shape index (κ1) is 33.6. The highest BCUT2D eigenvalue weighted by Crippen LogP contribution is 2.44. The second-order valence-electron chi connectivity index (χ2n) is 14.9. The van der Waals surface area contributed by atoms with Crippen molar-refractivity contribution in [2.45, 2.75) is 0 Å². The molecule has 0 unspecified atom stereocenters. The largest absolute Gasteiger partial charge is 0.455 e. The SMILES string of the molecule is c1cc(-c2ccc(N(c3ccc(-c4cccc5c4oc4ccccc45)cc3)c3ccccc3-c3cccc4ccccc34)cc2)cc(-c2cccc3ccccc23)c1. The lowest BCUT2D eigenvalue weighted by atomic mass is 9.95. The van der Waals surface area contributed by atoms with Crippen LogP contribution >= 0.6 is 0 Å². The molecule has 2 nitrogen and oxygen atoms in total. The van der Waals surface area contributed by atoms with E-state index in [9.17, 15) is 0 Å². The van der Waals surface area contributed by atoms with Crippen LogP contribution in [0.5, 0.6) is 0 Å². The van der Waals surface area contributed by atoms with Gasteiger partial charge in [-0.25, -0.2) is 0 Å². The molecule has 2 heteroatoms. The van der Waals surface area contributed by atoms with Gasteiger partial charge in [-0.15, -0.1) is 0 Å². The molecule has 10 aromatic carbocycles. The third-order valence-electron chi connectivity index (χ3n) is 11.5. The van der Waals surface area contributed by atoms with Crippen molar-refractivity contribution < 1.29 is 4.42 Å². The van der Waals surface area contributed by atoms with Gasteiger partial charge in [0.1, 0.15) is 11.2 Å². The summed E-state index contributed by atoms with van der Waals surface area (Å²) in [7, 11) is 0. The summed E-state index contributed by atoms with van der Waals surface area (Å²) >= 11 is 0. The van der Waals surface area contributed by atoms with Crippen LogP contribution in [0.1, 0.15) is 0 Å². The Labute approximate surface area is 337 Å². The number of nitrogens with zero attached hydrogens (tertiary/aromatic N) is 1. The summed E-state index contributed by atoms with van der Waals surface area (Å²) in [5.41, 5.74) is 14.4. The van der Waals surface area contributed by atoms with Crippen LogP contribution in [0.25, 0.3) is 88.0 Å². The lowest BCUT2D eigenvalue weighted by Gasteiger charge is -2.28. The van der Waals surface area contributed by atoms with E-state index < -0.39 is 0 Å². The summed E-state index contributed by atoms with van der Waals surface area (Å²) in [5, 5.41) is 7.23. The van der Waals surface area contributed by atoms with Gasteiger partial charge in [0.25, 0.3) is 0 Å². The van der Waals surface area contributed by atoms with E-state index in [1.54, 1.807) is 0 Å². The molecule has 0 saturated heterocycles. The molecule has 0 aliphatic rings. The van der Waals surface area contributed by atoms with Crippen LogP contribution in [0.2, 0.25) is 0 Å². The van der Waals surface area contributed by atoms with E-state index in [1.807, 2.05) is 12.1 Å². The van der Waals surface area contributed by atoms with Gasteiger partial charge in [-0.1, -0.05) is 182 Å². The van der Waals surface area contributed by atoms with Crippen molar-refractivity contribution in [2.24, 2.45) is 0 Å². The number of hydrogen-bond acceptors (Lipinski definition) is 2. The fourth-order valence-corrected chi connectivity index (χ4v) is 8.69. The van der Waals surface area contributed by atoms with Crippen LogP contribution in [0, 0.1) is 0 Å². The van der Waals surface area contributed by atoms with Crippen LogP contribution < -0.4 is 4.90 Å². The second-order valence-corrected chi connectivity index (χ2v) is 14.9. The number of benzene rings is 10. The molecule has 0 radical (unpaired) electrons. The van der Waals surface area contributed by atoms with Crippen molar-refractivity contribution in [3.05, 3.63) is 224 Å². The zero-order chi connectivity index (χ0) is 38.4. The molecule has 0 atom stereocenters. The minimum Gasteiger partial charge on any atom is -0.455 e. The highest BCUT2D eigenvalue weighted by atomic mass is 16.3. The quantitative estimate of drug-likeness (QED) is 0.162. The molecule has 0 amide bonds. The molecular formula is C56H37NO. The van der Waals surface area contributed by atoms with Crippen LogP contribution in [-0.4, -0.2) is 0 Å². The molecule has 1 heterocycles. The van der Waals surface area contributed by atoms with Gasteiger partial charge < -0.3 is 9.32 Å². The molecular weight excluding hydrogens is 703 g/mol. The number of fused-ring (bicyclic) bond motifs is 5. The molecule has 0 fully saturated rings. The molecule has 272 valence electrons. The average molecular weight is 740 g/mol. The lowest BCUT2D eigenvalue weighted by Crippen LogP contribution is -2.11. The summed E-state index contributed by atoms with van der Waals surface area (Å²) in [4.78, 5) is 2.39. The van der Waals surface area contributed by atoms with Crippen LogP contribution in [-0.2, 0) is 0 Å². The highest BCUT2D eigenvalue weighted by molar-refractivity contribution is 6.09. The van der Waals surface area contributed by atoms with E-state index >= 15 is 0 Å². The van der Waals surface area contributed by atoms with Gasteiger partial charge in [0.05, 0.1) is 5.69 Å². The van der Waals surface area contributed by atoms with E-state index in [2.05, 4.69) is 217 Å². The first-order chi connectivity index (χ1) is 28.8.